The average molecular weight is 297 g/mol. The van der Waals surface area contributed by atoms with Gasteiger partial charge in [-0.15, -0.1) is 0 Å². The maximum Gasteiger partial charge on any atom is 0.0470 e. The van der Waals surface area contributed by atoms with Crippen molar-refractivity contribution in [3.05, 3.63) is 34.3 Å². The highest BCUT2D eigenvalue weighted by Gasteiger charge is 2.20. The van der Waals surface area contributed by atoms with E-state index in [1.165, 1.54) is 44.3 Å². The Kier molecular flexibility index (Phi) is 5.01. The van der Waals surface area contributed by atoms with E-state index in [9.17, 15) is 0 Å². The third-order valence-corrected chi connectivity index (χ3v) is 4.03. The topological polar surface area (TPSA) is 29.3 Å². The lowest BCUT2D eigenvalue weighted by Crippen LogP contribution is -2.34. The maximum absolute atomic E-state index is 5.98. The van der Waals surface area contributed by atoms with Crippen LogP contribution >= 0.6 is 15.9 Å². The van der Waals surface area contributed by atoms with E-state index in [1.807, 2.05) is 0 Å². The van der Waals surface area contributed by atoms with Crippen molar-refractivity contribution in [1.29, 1.82) is 0 Å². The summed E-state index contributed by atoms with van der Waals surface area (Å²) in [7, 11) is 0. The van der Waals surface area contributed by atoms with Gasteiger partial charge in [-0.05, 0) is 43.6 Å². The lowest BCUT2D eigenvalue weighted by molar-refractivity contribution is 0.209. The first kappa shape index (κ1) is 13.1. The fourth-order valence-electron chi connectivity index (χ4n) is 2.62. The molecular formula is C14H21BrN2. The highest BCUT2D eigenvalue weighted by Crippen LogP contribution is 2.25. The van der Waals surface area contributed by atoms with Crippen LogP contribution in [-0.2, 0) is 0 Å². The molecule has 1 aromatic carbocycles. The highest BCUT2D eigenvalue weighted by atomic mass is 79.9. The Morgan fingerprint density at radius 1 is 1.18 bits per heavy atom. The lowest BCUT2D eigenvalue weighted by Gasteiger charge is -2.30. The molecule has 1 aromatic rings. The second kappa shape index (κ2) is 6.53. The molecule has 2 rings (SSSR count). The molecule has 1 heterocycles. The van der Waals surface area contributed by atoms with Crippen molar-refractivity contribution >= 4 is 15.9 Å². The molecule has 0 radical (unpaired) electrons. The zero-order valence-corrected chi connectivity index (χ0v) is 11.8. The van der Waals surface area contributed by atoms with Crippen molar-refractivity contribution in [3.63, 3.8) is 0 Å². The average Bonchev–Trinajstić information content (AvgIpc) is 2.59. The molecule has 0 aliphatic carbocycles. The summed E-state index contributed by atoms with van der Waals surface area (Å²) in [4.78, 5) is 2.55. The number of benzene rings is 1. The van der Waals surface area contributed by atoms with Gasteiger partial charge in [-0.1, -0.05) is 40.9 Å². The number of nitrogens with two attached hydrogens (primary N) is 1. The number of halogens is 1. The summed E-state index contributed by atoms with van der Waals surface area (Å²) >= 11 is 3.54. The Hall–Kier alpha value is -0.380. The van der Waals surface area contributed by atoms with Gasteiger partial charge < -0.3 is 5.73 Å². The lowest BCUT2D eigenvalue weighted by atomic mass is 10.1. The third-order valence-electron chi connectivity index (χ3n) is 3.54. The molecule has 1 unspecified atom stereocenters. The van der Waals surface area contributed by atoms with Gasteiger partial charge >= 0.3 is 0 Å². The summed E-state index contributed by atoms with van der Waals surface area (Å²) in [5.41, 5.74) is 7.32. The summed E-state index contributed by atoms with van der Waals surface area (Å²) in [5.74, 6) is 0. The maximum atomic E-state index is 5.98. The zero-order chi connectivity index (χ0) is 12.1. The van der Waals surface area contributed by atoms with Gasteiger partial charge in [0.1, 0.15) is 0 Å². The first-order valence-corrected chi connectivity index (χ1v) is 7.30. The molecule has 3 heteroatoms. The smallest absolute Gasteiger partial charge is 0.0470 e. The number of hydrogen-bond donors (Lipinski definition) is 1. The number of hydrogen-bond acceptors (Lipinski definition) is 2. The van der Waals surface area contributed by atoms with Crippen molar-refractivity contribution < 1.29 is 0 Å². The molecule has 0 aromatic heterocycles. The molecule has 1 fully saturated rings. The van der Waals surface area contributed by atoms with Crippen LogP contribution in [0.15, 0.2) is 28.7 Å². The summed E-state index contributed by atoms with van der Waals surface area (Å²) in [6.45, 7) is 3.08. The Labute approximate surface area is 112 Å². The molecule has 94 valence electrons. The van der Waals surface area contributed by atoms with E-state index in [4.69, 9.17) is 5.73 Å². The minimum atomic E-state index is 0.380. The first-order chi connectivity index (χ1) is 8.31. The number of likely N-dealkylation sites (tertiary alicyclic amines) is 1. The van der Waals surface area contributed by atoms with E-state index in [-0.39, 0.29) is 0 Å². The van der Waals surface area contributed by atoms with Crippen LogP contribution < -0.4 is 5.73 Å². The predicted octanol–water partition coefficient (Wildman–Crippen LogP) is 3.32. The largest absolute Gasteiger partial charge is 0.329 e. The Morgan fingerprint density at radius 3 is 2.47 bits per heavy atom. The second-order valence-electron chi connectivity index (χ2n) is 4.76. The fourth-order valence-corrected chi connectivity index (χ4v) is 3.03. The predicted molar refractivity (Wildman–Crippen MR) is 76.0 cm³/mol. The van der Waals surface area contributed by atoms with Crippen LogP contribution in [0, 0.1) is 0 Å². The summed E-state index contributed by atoms with van der Waals surface area (Å²) < 4.78 is 1.14. The van der Waals surface area contributed by atoms with E-state index in [0.717, 1.165) is 4.47 Å². The molecule has 0 saturated carbocycles. The van der Waals surface area contributed by atoms with Gasteiger partial charge in [-0.2, -0.15) is 0 Å². The van der Waals surface area contributed by atoms with Gasteiger partial charge in [0, 0.05) is 17.1 Å². The van der Waals surface area contributed by atoms with Gasteiger partial charge in [0.2, 0.25) is 0 Å². The van der Waals surface area contributed by atoms with Gasteiger partial charge in [0.25, 0.3) is 0 Å². The van der Waals surface area contributed by atoms with Crippen LogP contribution in [0.25, 0.3) is 0 Å². The van der Waals surface area contributed by atoms with Crippen LogP contribution in [0.1, 0.15) is 37.3 Å². The standard InChI is InChI=1S/C14H21BrN2/c15-13-7-5-6-12(10-13)14(11-16)17-8-3-1-2-4-9-17/h5-7,10,14H,1-4,8-9,11,16H2. The van der Waals surface area contributed by atoms with Crippen LogP contribution in [0.3, 0.4) is 0 Å². The van der Waals surface area contributed by atoms with Crippen molar-refractivity contribution in [2.75, 3.05) is 19.6 Å². The fraction of sp³-hybridized carbons (Fsp3) is 0.571. The van der Waals surface area contributed by atoms with Crippen LogP contribution in [-0.4, -0.2) is 24.5 Å². The van der Waals surface area contributed by atoms with Gasteiger partial charge in [-0.25, -0.2) is 0 Å². The quantitative estimate of drug-likeness (QED) is 0.927. The van der Waals surface area contributed by atoms with Gasteiger partial charge in [0.15, 0.2) is 0 Å². The van der Waals surface area contributed by atoms with Crippen LogP contribution in [0.2, 0.25) is 0 Å². The van der Waals surface area contributed by atoms with Crippen LogP contribution in [0.5, 0.6) is 0 Å². The molecule has 17 heavy (non-hydrogen) atoms. The second-order valence-corrected chi connectivity index (χ2v) is 5.67. The van der Waals surface area contributed by atoms with Gasteiger partial charge in [-0.3, -0.25) is 4.90 Å². The van der Waals surface area contributed by atoms with Crippen molar-refractivity contribution in [3.8, 4) is 0 Å². The first-order valence-electron chi connectivity index (χ1n) is 6.51. The van der Waals surface area contributed by atoms with Gasteiger partial charge in [0.05, 0.1) is 0 Å². The van der Waals surface area contributed by atoms with Crippen molar-refractivity contribution in [1.82, 2.24) is 4.90 Å². The third kappa shape index (κ3) is 3.54. The summed E-state index contributed by atoms with van der Waals surface area (Å²) in [5, 5.41) is 0. The van der Waals surface area contributed by atoms with E-state index in [1.54, 1.807) is 0 Å². The molecule has 1 atom stereocenters. The molecule has 2 nitrogen and oxygen atoms in total. The Morgan fingerprint density at radius 2 is 1.88 bits per heavy atom. The van der Waals surface area contributed by atoms with E-state index >= 15 is 0 Å². The zero-order valence-electron chi connectivity index (χ0n) is 10.2. The van der Waals surface area contributed by atoms with E-state index in [0.29, 0.717) is 12.6 Å². The molecular weight excluding hydrogens is 276 g/mol. The molecule has 1 aliphatic heterocycles. The summed E-state index contributed by atoms with van der Waals surface area (Å²) in [6, 6.07) is 8.93. The van der Waals surface area contributed by atoms with Crippen molar-refractivity contribution in [2.45, 2.75) is 31.7 Å². The minimum absolute atomic E-state index is 0.380. The summed E-state index contributed by atoms with van der Waals surface area (Å²) in [6.07, 6.45) is 5.35. The van der Waals surface area contributed by atoms with Crippen LogP contribution in [0.4, 0.5) is 0 Å². The molecule has 2 N–H and O–H groups in total. The molecule has 1 saturated heterocycles. The Bertz CT molecular complexity index is 346. The number of rotatable bonds is 3. The molecule has 0 bridgehead atoms. The monoisotopic (exact) mass is 296 g/mol. The van der Waals surface area contributed by atoms with E-state index in [2.05, 4.69) is 45.1 Å². The molecule has 1 aliphatic rings. The highest BCUT2D eigenvalue weighted by molar-refractivity contribution is 9.10. The normalized spacial score (nSPS) is 19.9. The SMILES string of the molecule is NCC(c1cccc(Br)c1)N1CCCCCC1. The van der Waals surface area contributed by atoms with Crippen molar-refractivity contribution in [2.24, 2.45) is 5.73 Å². The van der Waals surface area contributed by atoms with E-state index < -0.39 is 0 Å². The number of nitrogens with zero attached hydrogens (tertiary/aromatic N) is 1. The minimum Gasteiger partial charge on any atom is -0.329 e. The Balaban J connectivity index is 2.14. The molecule has 0 spiro atoms. The molecule has 0 amide bonds.